The van der Waals surface area contributed by atoms with Gasteiger partial charge in [-0.1, -0.05) is 63.5 Å². The minimum atomic E-state index is 1.06. The summed E-state index contributed by atoms with van der Waals surface area (Å²) in [5, 5.41) is 0. The van der Waals surface area contributed by atoms with Crippen LogP contribution in [-0.4, -0.2) is 0 Å². The first-order valence-corrected chi connectivity index (χ1v) is 8.56. The van der Waals surface area contributed by atoms with Gasteiger partial charge in [0.15, 0.2) is 0 Å². The molecule has 1 saturated carbocycles. The molecule has 0 nitrogen and oxygen atoms in total. The van der Waals surface area contributed by atoms with Crippen molar-refractivity contribution in [3.05, 3.63) is 11.6 Å². The van der Waals surface area contributed by atoms with Crippen molar-refractivity contribution in [2.75, 3.05) is 0 Å². The van der Waals surface area contributed by atoms with Crippen LogP contribution in [0.4, 0.5) is 0 Å². The molecular weight excluding hydrogens is 216 g/mol. The highest BCUT2D eigenvalue weighted by molar-refractivity contribution is 5.04. The lowest BCUT2D eigenvalue weighted by Crippen LogP contribution is -2.14. The van der Waals surface area contributed by atoms with Crippen LogP contribution < -0.4 is 0 Å². The molecule has 2 rings (SSSR count). The molecular formula is C18H32. The molecule has 1 fully saturated rings. The highest BCUT2D eigenvalue weighted by atomic mass is 14.3. The summed E-state index contributed by atoms with van der Waals surface area (Å²) in [6.07, 6.45) is 21.6. The average molecular weight is 248 g/mol. The van der Waals surface area contributed by atoms with Gasteiger partial charge >= 0.3 is 0 Å². The zero-order chi connectivity index (χ0) is 12.6. The molecule has 0 aliphatic heterocycles. The fourth-order valence-corrected chi connectivity index (χ4v) is 3.82. The van der Waals surface area contributed by atoms with Gasteiger partial charge in [-0.15, -0.1) is 0 Å². The number of allylic oxidation sites excluding steroid dienone is 2. The van der Waals surface area contributed by atoms with Crippen LogP contribution in [0.1, 0.15) is 90.4 Å². The molecule has 0 amide bonds. The third-order valence-electron chi connectivity index (χ3n) is 5.19. The Kier molecular flexibility index (Phi) is 6.31. The minimum absolute atomic E-state index is 1.06. The molecule has 0 aromatic carbocycles. The Morgan fingerprint density at radius 1 is 1.00 bits per heavy atom. The number of unbranched alkanes of at least 4 members (excludes halogenated alkanes) is 1. The van der Waals surface area contributed by atoms with Crippen molar-refractivity contribution in [2.45, 2.75) is 90.4 Å². The van der Waals surface area contributed by atoms with Crippen LogP contribution in [0.5, 0.6) is 0 Å². The van der Waals surface area contributed by atoms with E-state index in [1.165, 1.54) is 83.5 Å². The van der Waals surface area contributed by atoms with Gasteiger partial charge in [-0.05, 0) is 50.4 Å². The zero-order valence-corrected chi connectivity index (χ0v) is 12.4. The first kappa shape index (κ1) is 14.2. The molecule has 18 heavy (non-hydrogen) atoms. The van der Waals surface area contributed by atoms with E-state index in [0.717, 1.165) is 11.8 Å². The molecule has 0 aromatic rings. The molecule has 0 atom stereocenters. The molecule has 0 bridgehead atoms. The zero-order valence-electron chi connectivity index (χ0n) is 12.4. The van der Waals surface area contributed by atoms with Crippen molar-refractivity contribution in [3.8, 4) is 0 Å². The van der Waals surface area contributed by atoms with Gasteiger partial charge in [-0.3, -0.25) is 0 Å². The maximum absolute atomic E-state index is 2.54. The van der Waals surface area contributed by atoms with Crippen LogP contribution in [-0.2, 0) is 0 Å². The first-order valence-electron chi connectivity index (χ1n) is 8.56. The quantitative estimate of drug-likeness (QED) is 0.486. The lowest BCUT2D eigenvalue weighted by atomic mass is 9.77. The van der Waals surface area contributed by atoms with Crippen molar-refractivity contribution in [1.29, 1.82) is 0 Å². The van der Waals surface area contributed by atoms with E-state index < -0.39 is 0 Å². The summed E-state index contributed by atoms with van der Waals surface area (Å²) in [6.45, 7) is 2.32. The van der Waals surface area contributed by atoms with E-state index in [0.29, 0.717) is 0 Å². The summed E-state index contributed by atoms with van der Waals surface area (Å²) < 4.78 is 0. The van der Waals surface area contributed by atoms with Crippen LogP contribution in [0.25, 0.3) is 0 Å². The summed E-state index contributed by atoms with van der Waals surface area (Å²) in [6, 6.07) is 0. The fraction of sp³-hybridized carbons (Fsp3) is 0.889. The SMILES string of the molecule is CCCCC1CCC(CCC2=CCCCC2)CC1. The summed E-state index contributed by atoms with van der Waals surface area (Å²) in [7, 11) is 0. The molecule has 104 valence electrons. The molecule has 0 heterocycles. The van der Waals surface area contributed by atoms with E-state index >= 15 is 0 Å². The molecule has 0 spiro atoms. The number of hydrogen-bond acceptors (Lipinski definition) is 0. The van der Waals surface area contributed by atoms with Gasteiger partial charge in [0.25, 0.3) is 0 Å². The monoisotopic (exact) mass is 248 g/mol. The van der Waals surface area contributed by atoms with Gasteiger partial charge in [0.2, 0.25) is 0 Å². The second kappa shape index (κ2) is 8.02. The molecule has 0 radical (unpaired) electrons. The summed E-state index contributed by atoms with van der Waals surface area (Å²) in [5.74, 6) is 2.14. The Morgan fingerprint density at radius 2 is 1.72 bits per heavy atom. The van der Waals surface area contributed by atoms with Crippen LogP contribution in [0.2, 0.25) is 0 Å². The van der Waals surface area contributed by atoms with Crippen LogP contribution >= 0.6 is 0 Å². The highest BCUT2D eigenvalue weighted by Gasteiger charge is 2.20. The molecule has 0 N–H and O–H groups in total. The van der Waals surface area contributed by atoms with Crippen molar-refractivity contribution < 1.29 is 0 Å². The normalized spacial score (nSPS) is 29.1. The molecule has 0 unspecified atom stereocenters. The minimum Gasteiger partial charge on any atom is -0.0853 e. The van der Waals surface area contributed by atoms with E-state index in [2.05, 4.69) is 13.0 Å². The predicted octanol–water partition coefficient (Wildman–Crippen LogP) is 6.26. The third kappa shape index (κ3) is 4.78. The second-order valence-electron chi connectivity index (χ2n) is 6.68. The lowest BCUT2D eigenvalue weighted by Gasteiger charge is -2.29. The van der Waals surface area contributed by atoms with Gasteiger partial charge in [-0.25, -0.2) is 0 Å². The molecule has 0 saturated heterocycles. The topological polar surface area (TPSA) is 0 Å². The van der Waals surface area contributed by atoms with Crippen molar-refractivity contribution in [3.63, 3.8) is 0 Å². The van der Waals surface area contributed by atoms with Gasteiger partial charge in [0, 0.05) is 0 Å². The van der Waals surface area contributed by atoms with Gasteiger partial charge in [0.1, 0.15) is 0 Å². The lowest BCUT2D eigenvalue weighted by molar-refractivity contribution is 0.249. The van der Waals surface area contributed by atoms with E-state index in [1.807, 2.05) is 0 Å². The van der Waals surface area contributed by atoms with E-state index in [1.54, 1.807) is 5.57 Å². The Labute approximate surface area is 114 Å². The summed E-state index contributed by atoms with van der Waals surface area (Å²) in [5.41, 5.74) is 1.79. The molecule has 0 aromatic heterocycles. The molecule has 2 aliphatic rings. The van der Waals surface area contributed by atoms with Gasteiger partial charge in [-0.2, -0.15) is 0 Å². The maximum atomic E-state index is 2.54. The first-order chi connectivity index (χ1) is 8.88. The van der Waals surface area contributed by atoms with Gasteiger partial charge in [0.05, 0.1) is 0 Å². The van der Waals surface area contributed by atoms with Crippen molar-refractivity contribution in [2.24, 2.45) is 11.8 Å². The Bertz CT molecular complexity index is 243. The Balaban J connectivity index is 1.60. The molecule has 0 heteroatoms. The number of hydrogen-bond donors (Lipinski definition) is 0. The van der Waals surface area contributed by atoms with E-state index in [9.17, 15) is 0 Å². The van der Waals surface area contributed by atoms with Crippen LogP contribution in [0.15, 0.2) is 11.6 Å². The summed E-state index contributed by atoms with van der Waals surface area (Å²) in [4.78, 5) is 0. The van der Waals surface area contributed by atoms with Crippen molar-refractivity contribution >= 4 is 0 Å². The standard InChI is InChI=1S/C18H32/c1-2-3-7-17-11-14-18(15-12-17)13-10-16-8-5-4-6-9-16/h8,17-18H,2-7,9-15H2,1H3. The molecule has 2 aliphatic carbocycles. The smallest absolute Gasteiger partial charge is 0.0318 e. The Hall–Kier alpha value is -0.260. The van der Waals surface area contributed by atoms with Crippen molar-refractivity contribution in [1.82, 2.24) is 0 Å². The highest BCUT2D eigenvalue weighted by Crippen LogP contribution is 2.35. The number of rotatable bonds is 6. The fourth-order valence-electron chi connectivity index (χ4n) is 3.82. The third-order valence-corrected chi connectivity index (χ3v) is 5.19. The van der Waals surface area contributed by atoms with Crippen LogP contribution in [0, 0.1) is 11.8 Å². The largest absolute Gasteiger partial charge is 0.0853 e. The maximum Gasteiger partial charge on any atom is -0.0318 e. The Morgan fingerprint density at radius 3 is 2.33 bits per heavy atom. The summed E-state index contributed by atoms with van der Waals surface area (Å²) >= 11 is 0. The second-order valence-corrected chi connectivity index (χ2v) is 6.68. The predicted molar refractivity (Wildman–Crippen MR) is 80.8 cm³/mol. The van der Waals surface area contributed by atoms with E-state index in [4.69, 9.17) is 0 Å². The van der Waals surface area contributed by atoms with Gasteiger partial charge < -0.3 is 0 Å². The van der Waals surface area contributed by atoms with Crippen LogP contribution in [0.3, 0.4) is 0 Å². The average Bonchev–Trinajstić information content (AvgIpc) is 2.45. The van der Waals surface area contributed by atoms with E-state index in [-0.39, 0.29) is 0 Å².